The average molecular weight is 323 g/mol. The number of carbonyl (C=O) groups excluding carboxylic acids is 1. The number of piperazine rings is 1. The van der Waals surface area contributed by atoms with E-state index in [0.29, 0.717) is 18.8 Å². The molecule has 2 aliphatic rings. The van der Waals surface area contributed by atoms with Crippen LogP contribution in [0.4, 0.5) is 0 Å². The van der Waals surface area contributed by atoms with Gasteiger partial charge in [0.15, 0.2) is 10.9 Å². The number of hydrogen-bond acceptors (Lipinski definition) is 4. The van der Waals surface area contributed by atoms with Crippen LogP contribution < -0.4 is 5.32 Å². The van der Waals surface area contributed by atoms with Crippen LogP contribution in [-0.2, 0) is 4.74 Å². The van der Waals surface area contributed by atoms with Gasteiger partial charge in [-0.05, 0) is 37.2 Å². The second-order valence-corrected chi connectivity index (χ2v) is 5.96. The number of furan rings is 1. The van der Waals surface area contributed by atoms with Gasteiger partial charge in [-0.15, -0.1) is 0 Å². The van der Waals surface area contributed by atoms with Crippen LogP contribution in [0.3, 0.4) is 0 Å². The molecule has 2 aliphatic heterocycles. The van der Waals surface area contributed by atoms with Crippen LogP contribution in [0.5, 0.6) is 0 Å². The lowest BCUT2D eigenvalue weighted by atomic mass is 10.2. The zero-order valence-corrected chi connectivity index (χ0v) is 13.3. The van der Waals surface area contributed by atoms with E-state index in [0.717, 1.165) is 44.2 Å². The van der Waals surface area contributed by atoms with Crippen molar-refractivity contribution in [3.8, 4) is 0 Å². The topological polar surface area (TPSA) is 58.0 Å². The van der Waals surface area contributed by atoms with E-state index in [2.05, 4.69) is 10.2 Å². The van der Waals surface area contributed by atoms with Crippen LogP contribution in [0.1, 0.15) is 23.4 Å². The van der Waals surface area contributed by atoms with Crippen LogP contribution in [0.15, 0.2) is 22.8 Å². The fraction of sp³-hybridized carbons (Fsp3) is 0.600. The predicted octanol–water partition coefficient (Wildman–Crippen LogP) is 1.09. The fourth-order valence-electron chi connectivity index (χ4n) is 2.79. The van der Waals surface area contributed by atoms with Crippen molar-refractivity contribution in [1.29, 1.82) is 0 Å². The lowest BCUT2D eigenvalue weighted by Crippen LogP contribution is -2.53. The van der Waals surface area contributed by atoms with E-state index in [4.69, 9.17) is 21.4 Å². The van der Waals surface area contributed by atoms with Gasteiger partial charge in [0.2, 0.25) is 0 Å². The minimum absolute atomic E-state index is 0.0529. The van der Waals surface area contributed by atoms with Gasteiger partial charge < -0.3 is 24.3 Å². The van der Waals surface area contributed by atoms with Crippen molar-refractivity contribution in [1.82, 2.24) is 15.1 Å². The molecule has 22 heavy (non-hydrogen) atoms. The molecule has 7 heteroatoms. The lowest BCUT2D eigenvalue weighted by molar-refractivity contribution is 0.0658. The van der Waals surface area contributed by atoms with Gasteiger partial charge in [0.25, 0.3) is 5.91 Å². The van der Waals surface area contributed by atoms with Crippen molar-refractivity contribution >= 4 is 23.2 Å². The Hall–Kier alpha value is -1.60. The highest BCUT2D eigenvalue weighted by Gasteiger charge is 2.25. The summed E-state index contributed by atoms with van der Waals surface area (Å²) in [6.45, 7) is 4.41. The monoisotopic (exact) mass is 323 g/mol. The van der Waals surface area contributed by atoms with Gasteiger partial charge in [0.1, 0.15) is 0 Å². The molecule has 1 amide bonds. The van der Waals surface area contributed by atoms with E-state index in [9.17, 15) is 4.79 Å². The molecule has 1 unspecified atom stereocenters. The summed E-state index contributed by atoms with van der Waals surface area (Å²) in [5, 5.41) is 4.03. The number of ether oxygens (including phenoxy) is 1. The van der Waals surface area contributed by atoms with Crippen LogP contribution >= 0.6 is 12.2 Å². The minimum Gasteiger partial charge on any atom is -0.459 e. The normalized spacial score (nSPS) is 21.9. The molecule has 0 aliphatic carbocycles. The first kappa shape index (κ1) is 15.3. The molecule has 3 heterocycles. The summed E-state index contributed by atoms with van der Waals surface area (Å²) in [5.41, 5.74) is 0. The van der Waals surface area contributed by atoms with E-state index < -0.39 is 0 Å². The Morgan fingerprint density at radius 2 is 2.09 bits per heavy atom. The maximum absolute atomic E-state index is 12.2. The summed E-state index contributed by atoms with van der Waals surface area (Å²) in [6.07, 6.45) is 4.03. The maximum atomic E-state index is 12.2. The number of carbonyl (C=O) groups is 1. The van der Waals surface area contributed by atoms with Gasteiger partial charge >= 0.3 is 0 Å². The quantitative estimate of drug-likeness (QED) is 0.841. The Kier molecular flexibility index (Phi) is 4.94. The van der Waals surface area contributed by atoms with Gasteiger partial charge in [0.05, 0.1) is 12.4 Å². The number of amides is 1. The summed E-state index contributed by atoms with van der Waals surface area (Å²) in [5.74, 6) is 0.343. The van der Waals surface area contributed by atoms with Gasteiger partial charge in [0, 0.05) is 39.3 Å². The van der Waals surface area contributed by atoms with E-state index in [1.807, 2.05) is 0 Å². The van der Waals surface area contributed by atoms with Crippen LogP contribution in [-0.4, -0.2) is 66.3 Å². The molecule has 1 atom stereocenters. The molecule has 0 radical (unpaired) electrons. The second-order valence-electron chi connectivity index (χ2n) is 5.58. The molecule has 6 nitrogen and oxygen atoms in total. The number of hydrogen-bond donors (Lipinski definition) is 1. The zero-order valence-electron chi connectivity index (χ0n) is 12.5. The Balaban J connectivity index is 1.42. The molecule has 1 N–H and O–H groups in total. The highest BCUT2D eigenvalue weighted by atomic mass is 32.1. The van der Waals surface area contributed by atoms with Crippen LogP contribution in [0, 0.1) is 0 Å². The average Bonchev–Trinajstić information content (AvgIpc) is 3.25. The van der Waals surface area contributed by atoms with Crippen LogP contribution in [0.25, 0.3) is 0 Å². The molecule has 2 fully saturated rings. The highest BCUT2D eigenvalue weighted by molar-refractivity contribution is 7.80. The minimum atomic E-state index is -0.0529. The number of nitrogens with zero attached hydrogens (tertiary/aromatic N) is 2. The van der Waals surface area contributed by atoms with Crippen molar-refractivity contribution in [3.63, 3.8) is 0 Å². The molecular weight excluding hydrogens is 302 g/mol. The van der Waals surface area contributed by atoms with Gasteiger partial charge in [-0.1, -0.05) is 0 Å². The first-order valence-corrected chi connectivity index (χ1v) is 8.12. The number of rotatable bonds is 3. The molecule has 1 aromatic rings. The summed E-state index contributed by atoms with van der Waals surface area (Å²) in [6, 6.07) is 3.43. The molecule has 2 saturated heterocycles. The first-order valence-electron chi connectivity index (χ1n) is 7.71. The van der Waals surface area contributed by atoms with E-state index in [-0.39, 0.29) is 12.0 Å². The zero-order chi connectivity index (χ0) is 15.4. The summed E-state index contributed by atoms with van der Waals surface area (Å²) < 4.78 is 10.7. The lowest BCUT2D eigenvalue weighted by Gasteiger charge is -2.36. The standard InChI is InChI=1S/C15H21N3O3S/c19-14(13-4-2-10-21-13)17-5-7-18(8-6-17)15(22)16-11-12-3-1-9-20-12/h2,4,10,12H,1,3,5-9,11H2,(H,16,22). The number of nitrogens with one attached hydrogen (secondary N) is 1. The maximum Gasteiger partial charge on any atom is 0.289 e. The summed E-state index contributed by atoms with van der Waals surface area (Å²) in [7, 11) is 0. The third-order valence-corrected chi connectivity index (χ3v) is 4.49. The SMILES string of the molecule is O=C(c1ccco1)N1CCN(C(=S)NCC2CCCO2)CC1. The molecule has 0 bridgehead atoms. The molecule has 0 spiro atoms. The second kappa shape index (κ2) is 7.11. The van der Waals surface area contributed by atoms with Gasteiger partial charge in [-0.2, -0.15) is 0 Å². The fourth-order valence-corrected chi connectivity index (χ4v) is 3.05. The molecule has 120 valence electrons. The van der Waals surface area contributed by atoms with Crippen molar-refractivity contribution in [2.45, 2.75) is 18.9 Å². The van der Waals surface area contributed by atoms with E-state index in [1.165, 1.54) is 6.26 Å². The Labute approximate surface area is 135 Å². The Bertz CT molecular complexity index is 506. The third kappa shape index (κ3) is 3.59. The largest absolute Gasteiger partial charge is 0.459 e. The summed E-state index contributed by atoms with van der Waals surface area (Å²) >= 11 is 5.43. The highest BCUT2D eigenvalue weighted by Crippen LogP contribution is 2.12. The van der Waals surface area contributed by atoms with Gasteiger partial charge in [-0.25, -0.2) is 0 Å². The van der Waals surface area contributed by atoms with Gasteiger partial charge in [-0.3, -0.25) is 4.79 Å². The van der Waals surface area contributed by atoms with Crippen molar-refractivity contribution in [3.05, 3.63) is 24.2 Å². The molecule has 3 rings (SSSR count). The van der Waals surface area contributed by atoms with Crippen molar-refractivity contribution < 1.29 is 13.9 Å². The molecular formula is C15H21N3O3S. The first-order chi connectivity index (χ1) is 10.7. The van der Waals surface area contributed by atoms with Crippen molar-refractivity contribution in [2.24, 2.45) is 0 Å². The smallest absolute Gasteiger partial charge is 0.289 e. The Morgan fingerprint density at radius 1 is 1.32 bits per heavy atom. The summed E-state index contributed by atoms with van der Waals surface area (Å²) in [4.78, 5) is 16.1. The van der Waals surface area contributed by atoms with Crippen LogP contribution in [0.2, 0.25) is 0 Å². The molecule has 0 saturated carbocycles. The number of thiocarbonyl (C=S) groups is 1. The third-order valence-electron chi connectivity index (χ3n) is 4.09. The van der Waals surface area contributed by atoms with Crippen molar-refractivity contribution in [2.75, 3.05) is 39.3 Å². The van der Waals surface area contributed by atoms with E-state index in [1.54, 1.807) is 17.0 Å². The molecule has 0 aromatic carbocycles. The van der Waals surface area contributed by atoms with E-state index >= 15 is 0 Å². The Morgan fingerprint density at radius 3 is 2.73 bits per heavy atom. The predicted molar refractivity (Wildman–Crippen MR) is 85.8 cm³/mol. The molecule has 1 aromatic heterocycles.